The van der Waals surface area contributed by atoms with Gasteiger partial charge in [-0.25, -0.2) is 0 Å². The molecule has 0 saturated carbocycles. The molecule has 3 N–H and O–H groups in total. The highest BCUT2D eigenvalue weighted by molar-refractivity contribution is 6.02. The van der Waals surface area contributed by atoms with Crippen LogP contribution >= 0.6 is 0 Å². The van der Waals surface area contributed by atoms with Gasteiger partial charge >= 0.3 is 0 Å². The van der Waals surface area contributed by atoms with Crippen molar-refractivity contribution in [3.05, 3.63) is 29.8 Å². The molecule has 0 radical (unpaired) electrons. The van der Waals surface area contributed by atoms with Crippen molar-refractivity contribution < 1.29 is 23.9 Å². The van der Waals surface area contributed by atoms with Gasteiger partial charge in [-0.15, -0.1) is 0 Å². The number of nitrogens with zero attached hydrogens (tertiary/aromatic N) is 1. The van der Waals surface area contributed by atoms with Crippen molar-refractivity contribution in [2.24, 2.45) is 0 Å². The van der Waals surface area contributed by atoms with Crippen molar-refractivity contribution in [1.82, 2.24) is 15.5 Å². The fraction of sp³-hybridized carbons (Fsp3) is 0.526. The van der Waals surface area contributed by atoms with Gasteiger partial charge in [-0.05, 0) is 18.6 Å². The molecule has 28 heavy (non-hydrogen) atoms. The average molecular weight is 390 g/mol. The Morgan fingerprint density at radius 3 is 2.71 bits per heavy atom. The standard InChI is InChI=1S/C19H26N4O5/c1-27-17(28-2)11-20-15(24)12-23-10-9-19(8-7-16(23)25)21-14-6-4-3-5-13(14)18(26)22-19/h3-6,17,21H,7-12H2,1-2H3,(H,20,24)(H,22,26). The number of benzene rings is 1. The van der Waals surface area contributed by atoms with Gasteiger partial charge in [0.25, 0.3) is 5.91 Å². The Morgan fingerprint density at radius 2 is 1.96 bits per heavy atom. The number of ether oxygens (including phenoxy) is 2. The minimum Gasteiger partial charge on any atom is -0.362 e. The van der Waals surface area contributed by atoms with Crippen molar-refractivity contribution in [3.63, 3.8) is 0 Å². The molecule has 2 heterocycles. The zero-order valence-corrected chi connectivity index (χ0v) is 16.1. The van der Waals surface area contributed by atoms with E-state index in [0.717, 1.165) is 5.69 Å². The second kappa shape index (κ2) is 8.57. The smallest absolute Gasteiger partial charge is 0.255 e. The van der Waals surface area contributed by atoms with Crippen LogP contribution in [0.3, 0.4) is 0 Å². The van der Waals surface area contributed by atoms with Gasteiger partial charge in [0.1, 0.15) is 5.66 Å². The van der Waals surface area contributed by atoms with Crippen molar-refractivity contribution in [3.8, 4) is 0 Å². The summed E-state index contributed by atoms with van der Waals surface area (Å²) in [7, 11) is 2.98. The molecule has 0 bridgehead atoms. The molecule has 1 fully saturated rings. The van der Waals surface area contributed by atoms with Gasteiger partial charge < -0.3 is 30.3 Å². The molecule has 1 aromatic rings. The second-order valence-electron chi connectivity index (χ2n) is 6.98. The number of fused-ring (bicyclic) bond motifs is 1. The molecule has 3 amide bonds. The third-order valence-corrected chi connectivity index (χ3v) is 5.15. The summed E-state index contributed by atoms with van der Waals surface area (Å²) in [6.07, 6.45) is 0.667. The van der Waals surface area contributed by atoms with Crippen molar-refractivity contribution in [2.45, 2.75) is 31.2 Å². The minimum atomic E-state index is -0.691. The van der Waals surface area contributed by atoms with Crippen LogP contribution in [-0.2, 0) is 19.1 Å². The van der Waals surface area contributed by atoms with E-state index in [-0.39, 0.29) is 37.2 Å². The van der Waals surface area contributed by atoms with Crippen LogP contribution in [0.2, 0.25) is 0 Å². The quantitative estimate of drug-likeness (QED) is 0.603. The Morgan fingerprint density at radius 1 is 1.21 bits per heavy atom. The fourth-order valence-electron chi connectivity index (χ4n) is 3.52. The van der Waals surface area contributed by atoms with Crippen molar-refractivity contribution in [2.75, 3.05) is 39.2 Å². The Labute approximate surface area is 163 Å². The highest BCUT2D eigenvalue weighted by Crippen LogP contribution is 2.31. The first-order valence-corrected chi connectivity index (χ1v) is 9.26. The van der Waals surface area contributed by atoms with Crippen LogP contribution in [0, 0.1) is 0 Å². The topological polar surface area (TPSA) is 109 Å². The predicted molar refractivity (Wildman–Crippen MR) is 102 cm³/mol. The van der Waals surface area contributed by atoms with E-state index in [1.165, 1.54) is 19.1 Å². The Balaban J connectivity index is 1.61. The number of methoxy groups -OCH3 is 2. The molecule has 1 unspecified atom stereocenters. The van der Waals surface area contributed by atoms with Gasteiger partial charge in [0, 0.05) is 39.3 Å². The summed E-state index contributed by atoms with van der Waals surface area (Å²) >= 11 is 0. The monoisotopic (exact) mass is 390 g/mol. The molecule has 1 aromatic carbocycles. The average Bonchev–Trinajstić information content (AvgIpc) is 2.83. The van der Waals surface area contributed by atoms with Gasteiger partial charge in [-0.1, -0.05) is 12.1 Å². The zero-order valence-electron chi connectivity index (χ0n) is 16.1. The van der Waals surface area contributed by atoms with Crippen molar-refractivity contribution in [1.29, 1.82) is 0 Å². The van der Waals surface area contributed by atoms with Gasteiger partial charge in [0.05, 0.1) is 18.7 Å². The lowest BCUT2D eigenvalue weighted by Crippen LogP contribution is -2.58. The van der Waals surface area contributed by atoms with Gasteiger partial charge in [-0.3, -0.25) is 14.4 Å². The highest BCUT2D eigenvalue weighted by Gasteiger charge is 2.40. The van der Waals surface area contributed by atoms with E-state index in [1.54, 1.807) is 6.07 Å². The number of carbonyl (C=O) groups excluding carboxylic acids is 3. The molecule has 9 heteroatoms. The molecule has 0 aromatic heterocycles. The Bertz CT molecular complexity index is 752. The van der Waals surface area contributed by atoms with Crippen LogP contribution in [0.5, 0.6) is 0 Å². The SMILES string of the molecule is COC(CNC(=O)CN1CCC2(CCC1=O)NC(=O)c1ccccc1N2)OC. The van der Waals surface area contributed by atoms with E-state index in [4.69, 9.17) is 9.47 Å². The molecule has 3 rings (SSSR count). The van der Waals surface area contributed by atoms with Crippen LogP contribution in [0.25, 0.3) is 0 Å². The highest BCUT2D eigenvalue weighted by atomic mass is 16.7. The van der Waals surface area contributed by atoms with Gasteiger partial charge in [0.2, 0.25) is 11.8 Å². The third-order valence-electron chi connectivity index (χ3n) is 5.15. The Kier molecular flexibility index (Phi) is 6.15. The van der Waals surface area contributed by atoms with E-state index < -0.39 is 12.0 Å². The molecule has 1 saturated heterocycles. The van der Waals surface area contributed by atoms with E-state index in [9.17, 15) is 14.4 Å². The fourth-order valence-corrected chi connectivity index (χ4v) is 3.52. The summed E-state index contributed by atoms with van der Waals surface area (Å²) in [5.41, 5.74) is 0.657. The lowest BCUT2D eigenvalue weighted by atomic mass is 9.95. The minimum absolute atomic E-state index is 0.0421. The van der Waals surface area contributed by atoms with Crippen LogP contribution in [-0.4, -0.2) is 68.4 Å². The maximum absolute atomic E-state index is 12.5. The van der Waals surface area contributed by atoms with E-state index in [2.05, 4.69) is 16.0 Å². The summed E-state index contributed by atoms with van der Waals surface area (Å²) in [6, 6.07) is 7.29. The van der Waals surface area contributed by atoms with Crippen LogP contribution in [0.1, 0.15) is 29.6 Å². The second-order valence-corrected chi connectivity index (χ2v) is 6.98. The molecule has 2 aliphatic rings. The summed E-state index contributed by atoms with van der Waals surface area (Å²) in [6.45, 7) is 0.519. The molecular weight excluding hydrogens is 364 g/mol. The van der Waals surface area contributed by atoms with Gasteiger partial charge in [-0.2, -0.15) is 0 Å². The molecule has 1 spiro atoms. The number of amides is 3. The lowest BCUT2D eigenvalue weighted by Gasteiger charge is -2.39. The van der Waals surface area contributed by atoms with Gasteiger partial charge in [0.15, 0.2) is 6.29 Å². The number of hydrogen-bond acceptors (Lipinski definition) is 6. The number of carbonyl (C=O) groups is 3. The number of nitrogens with one attached hydrogen (secondary N) is 3. The summed E-state index contributed by atoms with van der Waals surface area (Å²) < 4.78 is 10.1. The van der Waals surface area contributed by atoms with Crippen LogP contribution in [0.4, 0.5) is 5.69 Å². The summed E-state index contributed by atoms with van der Waals surface area (Å²) in [5, 5.41) is 9.10. The van der Waals surface area contributed by atoms with E-state index in [1.807, 2.05) is 18.2 Å². The predicted octanol–water partition coefficient (Wildman–Crippen LogP) is 0.286. The number of likely N-dealkylation sites (tertiary alicyclic amines) is 1. The number of hydrogen-bond donors (Lipinski definition) is 3. The lowest BCUT2D eigenvalue weighted by molar-refractivity contribution is -0.137. The summed E-state index contributed by atoms with van der Waals surface area (Å²) in [4.78, 5) is 38.7. The number of para-hydroxylation sites is 1. The first-order valence-electron chi connectivity index (χ1n) is 9.26. The first-order chi connectivity index (χ1) is 13.5. The molecule has 152 valence electrons. The first kappa shape index (κ1) is 20.1. The Hall–Kier alpha value is -2.65. The summed E-state index contributed by atoms with van der Waals surface area (Å²) in [5.74, 6) is -0.551. The number of anilines is 1. The maximum atomic E-state index is 12.5. The molecular formula is C19H26N4O5. The third kappa shape index (κ3) is 4.42. The maximum Gasteiger partial charge on any atom is 0.255 e. The molecule has 9 nitrogen and oxygen atoms in total. The largest absolute Gasteiger partial charge is 0.362 e. The van der Waals surface area contributed by atoms with E-state index >= 15 is 0 Å². The normalized spacial score (nSPS) is 21.8. The zero-order chi connectivity index (χ0) is 20.1. The van der Waals surface area contributed by atoms with Crippen LogP contribution < -0.4 is 16.0 Å². The van der Waals surface area contributed by atoms with E-state index in [0.29, 0.717) is 24.9 Å². The molecule has 2 aliphatic heterocycles. The van der Waals surface area contributed by atoms with Crippen LogP contribution in [0.15, 0.2) is 24.3 Å². The van der Waals surface area contributed by atoms with Crippen molar-refractivity contribution >= 4 is 23.4 Å². The number of rotatable bonds is 6. The molecule has 0 aliphatic carbocycles. The molecule has 1 atom stereocenters.